The summed E-state index contributed by atoms with van der Waals surface area (Å²) in [6.45, 7) is 1.87. The molecule has 0 amide bonds. The molecule has 2 aromatic heterocycles. The van der Waals surface area contributed by atoms with Crippen molar-refractivity contribution in [2.75, 3.05) is 0 Å². The second-order valence-electron chi connectivity index (χ2n) is 6.30. The minimum Gasteiger partial charge on any atom is -0.483 e. The third kappa shape index (κ3) is 4.49. The van der Waals surface area contributed by atoms with E-state index in [1.165, 1.54) is 17.8 Å². The number of aromatic nitrogens is 4. The number of benzene rings is 2. The lowest BCUT2D eigenvalue weighted by atomic mass is 10.2. The maximum Gasteiger partial charge on any atom is 0.253 e. The molecule has 1 atom stereocenters. The number of ether oxygens (including phenoxy) is 1. The van der Waals surface area contributed by atoms with Gasteiger partial charge < -0.3 is 4.74 Å². The molecule has 0 N–H and O–H groups in total. The second-order valence-corrected chi connectivity index (χ2v) is 8.49. The summed E-state index contributed by atoms with van der Waals surface area (Å²) in [6.07, 6.45) is 1.24. The Morgan fingerprint density at radius 2 is 1.97 bits per heavy atom. The van der Waals surface area contributed by atoms with Crippen LogP contribution in [-0.2, 0) is 5.75 Å². The van der Waals surface area contributed by atoms with Crippen molar-refractivity contribution in [2.24, 2.45) is 0 Å². The zero-order valence-corrected chi connectivity index (χ0v) is 18.6. The quantitative estimate of drug-likeness (QED) is 0.287. The topological polar surface area (TPSA) is 52.3 Å². The molecule has 0 bridgehead atoms. The molecule has 2 heterocycles. The van der Waals surface area contributed by atoms with E-state index in [0.29, 0.717) is 43.1 Å². The normalized spacial score (nSPS) is 12.3. The first-order valence-electron chi connectivity index (χ1n) is 8.81. The highest BCUT2D eigenvalue weighted by molar-refractivity contribution is 7.98. The predicted molar refractivity (Wildman–Crippen MR) is 117 cm³/mol. The highest BCUT2D eigenvalue weighted by atomic mass is 35.5. The third-order valence-corrected chi connectivity index (χ3v) is 6.02. The van der Waals surface area contributed by atoms with Crippen LogP contribution in [0.3, 0.4) is 0 Å². The first-order valence-corrected chi connectivity index (χ1v) is 10.9. The van der Waals surface area contributed by atoms with Crippen molar-refractivity contribution in [3.8, 4) is 5.75 Å². The second kappa shape index (κ2) is 8.98. The maximum atomic E-state index is 14.0. The minimum atomic E-state index is -0.394. The van der Waals surface area contributed by atoms with Gasteiger partial charge in [-0.15, -0.1) is 5.10 Å². The van der Waals surface area contributed by atoms with E-state index in [0.717, 1.165) is 5.69 Å². The highest BCUT2D eigenvalue weighted by Gasteiger charge is 2.17. The molecule has 10 heteroatoms. The fraction of sp³-hybridized carbons (Fsp3) is 0.150. The van der Waals surface area contributed by atoms with Crippen LogP contribution in [0.4, 0.5) is 4.39 Å². The van der Waals surface area contributed by atoms with Gasteiger partial charge in [-0.1, -0.05) is 52.6 Å². The van der Waals surface area contributed by atoms with Crippen molar-refractivity contribution >= 4 is 52.3 Å². The van der Waals surface area contributed by atoms with Gasteiger partial charge in [0.05, 0.1) is 10.7 Å². The zero-order valence-electron chi connectivity index (χ0n) is 15.5. The Balaban J connectivity index is 1.57. The van der Waals surface area contributed by atoms with Crippen molar-refractivity contribution in [3.05, 3.63) is 80.8 Å². The Hall–Kier alpha value is -2.06. The lowest BCUT2D eigenvalue weighted by Crippen LogP contribution is -2.10. The summed E-state index contributed by atoms with van der Waals surface area (Å²) in [5, 5.41) is 6.25. The summed E-state index contributed by atoms with van der Waals surface area (Å²) in [5.41, 5.74) is 1.14. The van der Waals surface area contributed by atoms with Crippen LogP contribution in [0.15, 0.2) is 53.8 Å². The molecule has 4 rings (SSSR count). The molecule has 0 fully saturated rings. The molecular weight excluding hydrogens is 470 g/mol. The summed E-state index contributed by atoms with van der Waals surface area (Å²) in [6, 6.07) is 11.4. The van der Waals surface area contributed by atoms with E-state index < -0.39 is 6.10 Å². The zero-order chi connectivity index (χ0) is 21.3. The van der Waals surface area contributed by atoms with Crippen LogP contribution in [0.25, 0.3) is 5.78 Å². The SMILES string of the molecule is C[C@H](Oc1ccc(Cl)cc1Cl)c1ccnc2nc(SCc3c(F)cccc3Cl)nn12. The molecule has 0 saturated heterocycles. The number of fused-ring (bicyclic) bond motifs is 1. The van der Waals surface area contributed by atoms with Gasteiger partial charge in [-0.25, -0.2) is 9.37 Å². The Morgan fingerprint density at radius 3 is 2.73 bits per heavy atom. The fourth-order valence-corrected chi connectivity index (χ4v) is 4.41. The van der Waals surface area contributed by atoms with Crippen molar-refractivity contribution in [2.45, 2.75) is 23.9 Å². The number of hydrogen-bond donors (Lipinski definition) is 0. The van der Waals surface area contributed by atoms with Crippen LogP contribution in [-0.4, -0.2) is 19.6 Å². The molecule has 0 aliphatic heterocycles. The minimum absolute atomic E-state index is 0.296. The highest BCUT2D eigenvalue weighted by Crippen LogP contribution is 2.32. The van der Waals surface area contributed by atoms with Gasteiger partial charge in [0.15, 0.2) is 0 Å². The van der Waals surface area contributed by atoms with Gasteiger partial charge in [-0.3, -0.25) is 0 Å². The first kappa shape index (κ1) is 21.2. The lowest BCUT2D eigenvalue weighted by Gasteiger charge is -2.16. The molecule has 30 heavy (non-hydrogen) atoms. The van der Waals surface area contributed by atoms with Crippen LogP contribution in [0.2, 0.25) is 15.1 Å². The van der Waals surface area contributed by atoms with Crippen LogP contribution >= 0.6 is 46.6 Å². The van der Waals surface area contributed by atoms with E-state index in [-0.39, 0.29) is 5.82 Å². The van der Waals surface area contributed by atoms with Crippen LogP contribution in [0.1, 0.15) is 24.3 Å². The number of nitrogens with zero attached hydrogens (tertiary/aromatic N) is 4. The van der Waals surface area contributed by atoms with E-state index in [1.54, 1.807) is 47.1 Å². The van der Waals surface area contributed by atoms with Gasteiger partial charge in [0.1, 0.15) is 17.7 Å². The van der Waals surface area contributed by atoms with Crippen molar-refractivity contribution < 1.29 is 9.13 Å². The lowest BCUT2D eigenvalue weighted by molar-refractivity contribution is 0.218. The van der Waals surface area contributed by atoms with E-state index in [2.05, 4.69) is 15.1 Å². The molecule has 0 saturated carbocycles. The number of thioether (sulfide) groups is 1. The molecule has 2 aromatic carbocycles. The van der Waals surface area contributed by atoms with Crippen LogP contribution in [0, 0.1) is 5.82 Å². The van der Waals surface area contributed by atoms with Crippen molar-refractivity contribution in [1.29, 1.82) is 0 Å². The maximum absolute atomic E-state index is 14.0. The van der Waals surface area contributed by atoms with Gasteiger partial charge in [0.2, 0.25) is 5.16 Å². The fourth-order valence-electron chi connectivity index (χ4n) is 2.79. The van der Waals surface area contributed by atoms with E-state index >= 15 is 0 Å². The number of hydrogen-bond acceptors (Lipinski definition) is 5. The average Bonchev–Trinajstić information content (AvgIpc) is 3.12. The van der Waals surface area contributed by atoms with Crippen LogP contribution < -0.4 is 4.74 Å². The first-order chi connectivity index (χ1) is 14.4. The Kier molecular flexibility index (Phi) is 6.34. The Labute approximate surface area is 191 Å². The summed E-state index contributed by atoms with van der Waals surface area (Å²) in [4.78, 5) is 8.65. The predicted octanol–water partition coefficient (Wildman–Crippen LogP) is 6.66. The molecule has 4 aromatic rings. The molecule has 0 unspecified atom stereocenters. The molecular formula is C20H14Cl3FN4OS. The van der Waals surface area contributed by atoms with Gasteiger partial charge in [0, 0.05) is 27.6 Å². The summed E-state index contributed by atoms with van der Waals surface area (Å²) in [5.74, 6) is 0.846. The van der Waals surface area contributed by atoms with Gasteiger partial charge in [0.25, 0.3) is 5.78 Å². The molecule has 0 aliphatic carbocycles. The van der Waals surface area contributed by atoms with Crippen molar-refractivity contribution in [3.63, 3.8) is 0 Å². The molecule has 0 radical (unpaired) electrons. The average molecular weight is 484 g/mol. The summed E-state index contributed by atoms with van der Waals surface area (Å²) < 4.78 is 21.6. The summed E-state index contributed by atoms with van der Waals surface area (Å²) in [7, 11) is 0. The van der Waals surface area contributed by atoms with E-state index in [1.807, 2.05) is 6.92 Å². The van der Waals surface area contributed by atoms with E-state index in [9.17, 15) is 4.39 Å². The van der Waals surface area contributed by atoms with Gasteiger partial charge >= 0.3 is 0 Å². The number of rotatable bonds is 6. The molecule has 0 aliphatic rings. The van der Waals surface area contributed by atoms with Crippen molar-refractivity contribution in [1.82, 2.24) is 19.6 Å². The Morgan fingerprint density at radius 1 is 1.13 bits per heavy atom. The van der Waals surface area contributed by atoms with Crippen LogP contribution in [0.5, 0.6) is 5.75 Å². The Bertz CT molecular complexity index is 1200. The standard InChI is InChI=1S/C20H14Cl3FN4OS/c1-11(29-18-6-5-12(21)9-15(18)23)17-7-8-25-19-26-20(27-28(17)19)30-10-13-14(22)3-2-4-16(13)24/h2-9,11H,10H2,1H3/t11-/m0/s1. The molecule has 0 spiro atoms. The summed E-state index contributed by atoms with van der Waals surface area (Å²) >= 11 is 19.5. The molecule has 5 nitrogen and oxygen atoms in total. The monoisotopic (exact) mass is 482 g/mol. The van der Waals surface area contributed by atoms with Gasteiger partial charge in [-0.2, -0.15) is 9.50 Å². The number of halogens is 4. The largest absolute Gasteiger partial charge is 0.483 e. The van der Waals surface area contributed by atoms with E-state index in [4.69, 9.17) is 39.5 Å². The molecule has 154 valence electrons. The third-order valence-electron chi connectivity index (χ3n) is 4.27. The smallest absolute Gasteiger partial charge is 0.253 e. The van der Waals surface area contributed by atoms with Gasteiger partial charge in [-0.05, 0) is 43.3 Å².